The molecule has 3 aromatic rings. The van der Waals surface area contributed by atoms with E-state index >= 15 is 0 Å². The van der Waals surface area contributed by atoms with Crippen molar-refractivity contribution in [1.29, 1.82) is 0 Å². The Balaban J connectivity index is 1.58. The van der Waals surface area contributed by atoms with Gasteiger partial charge in [-0.3, -0.25) is 14.6 Å². The average Bonchev–Trinajstić information content (AvgIpc) is 2.66. The summed E-state index contributed by atoms with van der Waals surface area (Å²) in [5.74, 6) is -0.633. The van der Waals surface area contributed by atoms with Crippen LogP contribution in [0, 0.1) is 0 Å². The molecule has 26 heavy (non-hydrogen) atoms. The number of pyridine rings is 1. The van der Waals surface area contributed by atoms with Crippen molar-refractivity contribution in [1.82, 2.24) is 10.3 Å². The molecule has 0 fully saturated rings. The summed E-state index contributed by atoms with van der Waals surface area (Å²) < 4.78 is 0. The fraction of sp³-hybridized carbons (Fsp3) is 0.0952. The maximum Gasteiger partial charge on any atom is 0.248 e. The zero-order chi connectivity index (χ0) is 18.4. The highest BCUT2D eigenvalue weighted by Gasteiger charge is 2.03. The lowest BCUT2D eigenvalue weighted by molar-refractivity contribution is -0.116. The Bertz CT molecular complexity index is 974. The third kappa shape index (κ3) is 4.33. The van der Waals surface area contributed by atoms with Crippen LogP contribution in [0.15, 0.2) is 66.9 Å². The van der Waals surface area contributed by atoms with Crippen LogP contribution < -0.4 is 11.1 Å². The molecule has 0 aliphatic carbocycles. The number of nitrogens with zero attached hydrogens (tertiary/aromatic N) is 1. The van der Waals surface area contributed by atoms with Crippen molar-refractivity contribution in [3.63, 3.8) is 0 Å². The van der Waals surface area contributed by atoms with Crippen LogP contribution in [0.4, 0.5) is 0 Å². The molecule has 0 saturated carbocycles. The van der Waals surface area contributed by atoms with E-state index in [1.54, 1.807) is 30.5 Å². The lowest BCUT2D eigenvalue weighted by atomic mass is 10.1. The third-order valence-corrected chi connectivity index (χ3v) is 4.00. The molecule has 3 rings (SSSR count). The topological polar surface area (TPSA) is 85.1 Å². The summed E-state index contributed by atoms with van der Waals surface area (Å²) in [5, 5.41) is 3.87. The molecule has 0 saturated heterocycles. The number of para-hydroxylation sites is 1. The van der Waals surface area contributed by atoms with E-state index in [-0.39, 0.29) is 5.91 Å². The molecular weight excluding hydrogens is 326 g/mol. The number of nitrogens with two attached hydrogens (primary N) is 1. The Morgan fingerprint density at radius 1 is 1.08 bits per heavy atom. The number of benzene rings is 2. The molecule has 0 unspecified atom stereocenters. The number of primary amides is 1. The van der Waals surface area contributed by atoms with E-state index < -0.39 is 5.91 Å². The van der Waals surface area contributed by atoms with Gasteiger partial charge in [0.2, 0.25) is 11.8 Å². The number of aromatic nitrogens is 1. The number of carbonyl (C=O) groups excluding carboxylic acids is 2. The van der Waals surface area contributed by atoms with Gasteiger partial charge in [-0.15, -0.1) is 0 Å². The number of nitrogens with one attached hydrogen (secondary N) is 1. The van der Waals surface area contributed by atoms with E-state index in [9.17, 15) is 9.59 Å². The number of hydrogen-bond donors (Lipinski definition) is 2. The van der Waals surface area contributed by atoms with Gasteiger partial charge >= 0.3 is 0 Å². The fourth-order valence-electron chi connectivity index (χ4n) is 2.70. The lowest BCUT2D eigenvalue weighted by Gasteiger charge is -2.04. The minimum absolute atomic E-state index is 0.177. The molecule has 0 radical (unpaired) electrons. The van der Waals surface area contributed by atoms with Crippen LogP contribution in [0.2, 0.25) is 0 Å². The summed E-state index contributed by atoms with van der Waals surface area (Å²) in [5.41, 5.74) is 8.45. The Hall–Kier alpha value is -3.47. The second-order valence-corrected chi connectivity index (χ2v) is 5.86. The van der Waals surface area contributed by atoms with Crippen molar-refractivity contribution in [3.8, 4) is 0 Å². The zero-order valence-corrected chi connectivity index (χ0v) is 14.2. The zero-order valence-electron chi connectivity index (χ0n) is 14.2. The molecule has 0 aliphatic rings. The molecule has 1 heterocycles. The first-order valence-corrected chi connectivity index (χ1v) is 8.32. The number of fused-ring (bicyclic) bond motifs is 1. The van der Waals surface area contributed by atoms with Gasteiger partial charge in [0.1, 0.15) is 0 Å². The highest BCUT2D eigenvalue weighted by atomic mass is 16.1. The van der Waals surface area contributed by atoms with Crippen LogP contribution in [-0.2, 0) is 11.2 Å². The number of hydrogen-bond acceptors (Lipinski definition) is 3. The Labute approximate surface area is 151 Å². The SMILES string of the molecule is NC(=O)c1cccc(CCNC(=O)/C=C\c2cccc3cccnc23)c1. The predicted molar refractivity (Wildman–Crippen MR) is 102 cm³/mol. The van der Waals surface area contributed by atoms with Crippen LogP contribution in [0.1, 0.15) is 21.5 Å². The van der Waals surface area contributed by atoms with Gasteiger partial charge in [0.05, 0.1) is 5.52 Å². The maximum absolute atomic E-state index is 12.0. The first kappa shape index (κ1) is 17.4. The average molecular weight is 345 g/mol. The molecule has 2 aromatic carbocycles. The molecule has 0 spiro atoms. The molecule has 130 valence electrons. The first-order valence-electron chi connectivity index (χ1n) is 8.32. The van der Waals surface area contributed by atoms with Gasteiger partial charge in [0.25, 0.3) is 0 Å². The number of rotatable bonds is 6. The summed E-state index contributed by atoms with van der Waals surface area (Å²) >= 11 is 0. The molecule has 5 heteroatoms. The van der Waals surface area contributed by atoms with Crippen molar-refractivity contribution in [2.24, 2.45) is 5.73 Å². The van der Waals surface area contributed by atoms with Crippen molar-refractivity contribution >= 4 is 28.8 Å². The highest BCUT2D eigenvalue weighted by Crippen LogP contribution is 2.16. The summed E-state index contributed by atoms with van der Waals surface area (Å²) in [4.78, 5) is 27.6. The molecule has 2 amide bonds. The van der Waals surface area contributed by atoms with E-state index in [0.717, 1.165) is 22.0 Å². The summed E-state index contributed by atoms with van der Waals surface area (Å²) in [6, 6.07) is 16.8. The van der Waals surface area contributed by atoms with Crippen molar-refractivity contribution in [3.05, 3.63) is 83.6 Å². The van der Waals surface area contributed by atoms with Crippen LogP contribution in [0.3, 0.4) is 0 Å². The van der Waals surface area contributed by atoms with E-state index in [4.69, 9.17) is 5.73 Å². The van der Waals surface area contributed by atoms with Crippen LogP contribution in [0.25, 0.3) is 17.0 Å². The van der Waals surface area contributed by atoms with Gasteiger partial charge < -0.3 is 11.1 Å². The van der Waals surface area contributed by atoms with Crippen molar-refractivity contribution in [2.75, 3.05) is 6.54 Å². The van der Waals surface area contributed by atoms with Gasteiger partial charge in [0, 0.05) is 35.3 Å². The monoisotopic (exact) mass is 345 g/mol. The van der Waals surface area contributed by atoms with Crippen LogP contribution in [0.5, 0.6) is 0 Å². The van der Waals surface area contributed by atoms with Gasteiger partial charge in [-0.2, -0.15) is 0 Å². The summed E-state index contributed by atoms with van der Waals surface area (Å²) in [6.07, 6.45) is 5.62. The molecule has 3 N–H and O–H groups in total. The molecule has 1 aromatic heterocycles. The Kier molecular flexibility index (Phi) is 5.39. The summed E-state index contributed by atoms with van der Waals surface area (Å²) in [7, 11) is 0. The third-order valence-electron chi connectivity index (χ3n) is 4.00. The molecule has 0 atom stereocenters. The number of amides is 2. The second kappa shape index (κ2) is 8.07. The van der Waals surface area contributed by atoms with E-state index in [2.05, 4.69) is 10.3 Å². The predicted octanol–water partition coefficient (Wildman–Crippen LogP) is 2.71. The summed E-state index contributed by atoms with van der Waals surface area (Å²) in [6.45, 7) is 0.471. The minimum Gasteiger partial charge on any atom is -0.366 e. The largest absolute Gasteiger partial charge is 0.366 e. The Morgan fingerprint density at radius 3 is 2.73 bits per heavy atom. The second-order valence-electron chi connectivity index (χ2n) is 5.86. The van der Waals surface area contributed by atoms with Gasteiger partial charge in [0.15, 0.2) is 0 Å². The standard InChI is InChI=1S/C21H19N3O2/c22-21(26)18-7-1-4-15(14-18)11-13-23-19(25)10-9-17-6-2-5-16-8-3-12-24-20(16)17/h1-10,12,14H,11,13H2,(H2,22,26)(H,23,25)/b10-9-. The quantitative estimate of drug-likeness (QED) is 0.674. The van der Waals surface area contributed by atoms with Crippen molar-refractivity contribution < 1.29 is 9.59 Å². The maximum atomic E-state index is 12.0. The molecule has 5 nitrogen and oxygen atoms in total. The molecular formula is C21H19N3O2. The van der Waals surface area contributed by atoms with Gasteiger partial charge in [-0.25, -0.2) is 0 Å². The van der Waals surface area contributed by atoms with Crippen LogP contribution >= 0.6 is 0 Å². The van der Waals surface area contributed by atoms with E-state index in [0.29, 0.717) is 18.5 Å². The minimum atomic E-state index is -0.456. The molecule has 0 bridgehead atoms. The van der Waals surface area contributed by atoms with Gasteiger partial charge in [-0.1, -0.05) is 36.4 Å². The highest BCUT2D eigenvalue weighted by molar-refractivity contribution is 5.95. The normalized spacial score (nSPS) is 10.9. The van der Waals surface area contributed by atoms with Crippen molar-refractivity contribution in [2.45, 2.75) is 6.42 Å². The van der Waals surface area contributed by atoms with Crippen LogP contribution in [-0.4, -0.2) is 23.3 Å². The fourth-order valence-corrected chi connectivity index (χ4v) is 2.70. The lowest BCUT2D eigenvalue weighted by Crippen LogP contribution is -2.23. The smallest absolute Gasteiger partial charge is 0.248 e. The van der Waals surface area contributed by atoms with E-state index in [1.165, 1.54) is 6.08 Å². The molecule has 0 aliphatic heterocycles. The Morgan fingerprint density at radius 2 is 1.88 bits per heavy atom. The first-order chi connectivity index (χ1) is 12.6. The van der Waals surface area contributed by atoms with E-state index in [1.807, 2.05) is 36.4 Å². The number of carbonyl (C=O) groups is 2. The van der Waals surface area contributed by atoms with Gasteiger partial charge in [-0.05, 0) is 36.3 Å².